The molecular formula is C15H26N2O. The summed E-state index contributed by atoms with van der Waals surface area (Å²) in [5, 5.41) is 13.3. The predicted molar refractivity (Wildman–Crippen MR) is 75.3 cm³/mol. The Labute approximate surface area is 111 Å². The quantitative estimate of drug-likeness (QED) is 0.782. The molecule has 1 aromatic heterocycles. The Morgan fingerprint density at radius 3 is 2.44 bits per heavy atom. The Bertz CT molecular complexity index is 325. The third-order valence-corrected chi connectivity index (χ3v) is 3.09. The van der Waals surface area contributed by atoms with Crippen molar-refractivity contribution < 1.29 is 5.11 Å². The lowest BCUT2D eigenvalue weighted by Crippen LogP contribution is -2.34. The highest BCUT2D eigenvalue weighted by Gasteiger charge is 2.16. The number of rotatable bonds is 7. The lowest BCUT2D eigenvalue weighted by atomic mass is 9.99. The third-order valence-electron chi connectivity index (χ3n) is 3.09. The first-order chi connectivity index (χ1) is 8.50. The topological polar surface area (TPSA) is 45.1 Å². The van der Waals surface area contributed by atoms with Crippen molar-refractivity contribution in [2.75, 3.05) is 6.54 Å². The Hall–Kier alpha value is -0.930. The van der Waals surface area contributed by atoms with Gasteiger partial charge in [-0.15, -0.1) is 0 Å². The molecule has 18 heavy (non-hydrogen) atoms. The maximum Gasteiger partial charge on any atom is 0.0687 e. The Morgan fingerprint density at radius 2 is 1.94 bits per heavy atom. The molecule has 1 aromatic rings. The van der Waals surface area contributed by atoms with Gasteiger partial charge in [0.2, 0.25) is 0 Å². The largest absolute Gasteiger partial charge is 0.392 e. The van der Waals surface area contributed by atoms with E-state index in [1.54, 1.807) is 0 Å². The van der Waals surface area contributed by atoms with Crippen molar-refractivity contribution in [1.82, 2.24) is 10.3 Å². The highest BCUT2D eigenvalue weighted by Crippen LogP contribution is 2.19. The second-order valence-electron chi connectivity index (χ2n) is 5.66. The summed E-state index contributed by atoms with van der Waals surface area (Å²) < 4.78 is 0. The van der Waals surface area contributed by atoms with Gasteiger partial charge in [0.25, 0.3) is 0 Å². The first kappa shape index (κ1) is 15.1. The van der Waals surface area contributed by atoms with E-state index in [-0.39, 0.29) is 18.1 Å². The number of nitrogens with zero attached hydrogens (tertiary/aromatic N) is 1. The monoisotopic (exact) mass is 250 g/mol. The molecule has 0 fully saturated rings. The highest BCUT2D eigenvalue weighted by atomic mass is 16.3. The molecule has 0 radical (unpaired) electrons. The van der Waals surface area contributed by atoms with Crippen LogP contribution < -0.4 is 5.32 Å². The zero-order valence-corrected chi connectivity index (χ0v) is 11.9. The van der Waals surface area contributed by atoms with Crippen molar-refractivity contribution in [1.29, 1.82) is 0 Å². The fourth-order valence-electron chi connectivity index (χ4n) is 1.86. The van der Waals surface area contributed by atoms with Gasteiger partial charge in [-0.1, -0.05) is 33.8 Å². The van der Waals surface area contributed by atoms with Crippen molar-refractivity contribution in [3.8, 4) is 0 Å². The Morgan fingerprint density at radius 1 is 1.22 bits per heavy atom. The SMILES string of the molecule is CC(C)CC(NCC(O)C(C)C)c1ccccn1. The molecule has 0 saturated carbocycles. The standard InChI is InChI=1S/C15H26N2O/c1-11(2)9-14(13-7-5-6-8-16-13)17-10-15(18)12(3)4/h5-8,11-12,14-15,17-18H,9-10H2,1-4H3. The highest BCUT2D eigenvalue weighted by molar-refractivity contribution is 5.08. The number of pyridine rings is 1. The molecular weight excluding hydrogens is 224 g/mol. The van der Waals surface area contributed by atoms with E-state index in [1.165, 1.54) is 0 Å². The maximum absolute atomic E-state index is 9.87. The van der Waals surface area contributed by atoms with Crippen molar-refractivity contribution in [3.05, 3.63) is 30.1 Å². The normalized spacial score (nSPS) is 15.1. The van der Waals surface area contributed by atoms with Crippen LogP contribution in [0.3, 0.4) is 0 Å². The van der Waals surface area contributed by atoms with Crippen LogP contribution in [0.15, 0.2) is 24.4 Å². The number of aromatic nitrogens is 1. The minimum absolute atomic E-state index is 0.222. The Kier molecular flexibility index (Phi) is 6.30. The fraction of sp³-hybridized carbons (Fsp3) is 0.667. The smallest absolute Gasteiger partial charge is 0.0687 e. The van der Waals surface area contributed by atoms with Gasteiger partial charge in [-0.3, -0.25) is 4.98 Å². The number of hydrogen-bond acceptors (Lipinski definition) is 3. The number of hydrogen-bond donors (Lipinski definition) is 2. The van der Waals surface area contributed by atoms with Crippen molar-refractivity contribution in [2.24, 2.45) is 11.8 Å². The van der Waals surface area contributed by atoms with E-state index in [9.17, 15) is 5.11 Å². The van der Waals surface area contributed by atoms with Gasteiger partial charge >= 0.3 is 0 Å². The summed E-state index contributed by atoms with van der Waals surface area (Å²) in [6, 6.07) is 6.20. The summed E-state index contributed by atoms with van der Waals surface area (Å²) in [7, 11) is 0. The number of aliphatic hydroxyl groups is 1. The lowest BCUT2D eigenvalue weighted by molar-refractivity contribution is 0.118. The first-order valence-corrected chi connectivity index (χ1v) is 6.83. The second kappa shape index (κ2) is 7.49. The molecule has 0 aliphatic heterocycles. The molecule has 2 N–H and O–H groups in total. The molecule has 1 heterocycles. The van der Waals surface area contributed by atoms with Crippen LogP contribution in [-0.2, 0) is 0 Å². The number of aliphatic hydroxyl groups excluding tert-OH is 1. The molecule has 2 unspecified atom stereocenters. The molecule has 1 rings (SSSR count). The Balaban J connectivity index is 2.62. The van der Waals surface area contributed by atoms with Crippen LogP contribution in [0.4, 0.5) is 0 Å². The van der Waals surface area contributed by atoms with Crippen molar-refractivity contribution in [3.63, 3.8) is 0 Å². The lowest BCUT2D eigenvalue weighted by Gasteiger charge is -2.23. The average molecular weight is 250 g/mol. The molecule has 0 spiro atoms. The minimum atomic E-state index is -0.302. The van der Waals surface area contributed by atoms with E-state index in [0.717, 1.165) is 12.1 Å². The van der Waals surface area contributed by atoms with Gasteiger partial charge < -0.3 is 10.4 Å². The minimum Gasteiger partial charge on any atom is -0.392 e. The van der Waals surface area contributed by atoms with E-state index < -0.39 is 0 Å². The molecule has 2 atom stereocenters. The summed E-state index contributed by atoms with van der Waals surface area (Å²) >= 11 is 0. The summed E-state index contributed by atoms with van der Waals surface area (Å²) in [6.07, 6.45) is 2.55. The van der Waals surface area contributed by atoms with E-state index in [4.69, 9.17) is 0 Å². The summed E-state index contributed by atoms with van der Waals surface area (Å²) in [6.45, 7) is 9.09. The molecule has 0 aliphatic carbocycles. The van der Waals surface area contributed by atoms with Crippen LogP contribution in [0.5, 0.6) is 0 Å². The van der Waals surface area contributed by atoms with Gasteiger partial charge in [-0.2, -0.15) is 0 Å². The predicted octanol–water partition coefficient (Wildman–Crippen LogP) is 2.78. The summed E-state index contributed by atoms with van der Waals surface area (Å²) in [4.78, 5) is 4.41. The van der Waals surface area contributed by atoms with Gasteiger partial charge in [-0.05, 0) is 30.4 Å². The van der Waals surface area contributed by atoms with Gasteiger partial charge in [0.05, 0.1) is 11.8 Å². The molecule has 0 amide bonds. The molecule has 0 aromatic carbocycles. The van der Waals surface area contributed by atoms with Crippen LogP contribution in [0.25, 0.3) is 0 Å². The van der Waals surface area contributed by atoms with Gasteiger partial charge in [0.15, 0.2) is 0 Å². The molecule has 0 bridgehead atoms. The van der Waals surface area contributed by atoms with Crippen LogP contribution in [0.1, 0.15) is 45.9 Å². The van der Waals surface area contributed by atoms with E-state index >= 15 is 0 Å². The zero-order chi connectivity index (χ0) is 13.5. The van der Waals surface area contributed by atoms with Crippen LogP contribution in [0.2, 0.25) is 0 Å². The van der Waals surface area contributed by atoms with E-state index in [1.807, 2.05) is 38.2 Å². The van der Waals surface area contributed by atoms with Crippen LogP contribution >= 0.6 is 0 Å². The molecule has 0 aliphatic rings. The summed E-state index contributed by atoms with van der Waals surface area (Å²) in [5.41, 5.74) is 1.06. The number of nitrogens with one attached hydrogen (secondary N) is 1. The van der Waals surface area contributed by atoms with Crippen LogP contribution in [0, 0.1) is 11.8 Å². The molecule has 3 nitrogen and oxygen atoms in total. The van der Waals surface area contributed by atoms with Gasteiger partial charge in [0, 0.05) is 18.8 Å². The van der Waals surface area contributed by atoms with Gasteiger partial charge in [0.1, 0.15) is 0 Å². The average Bonchev–Trinajstić information content (AvgIpc) is 2.34. The summed E-state index contributed by atoms with van der Waals surface area (Å²) in [5.74, 6) is 0.877. The molecule has 102 valence electrons. The third kappa shape index (κ3) is 5.15. The van der Waals surface area contributed by atoms with E-state index in [0.29, 0.717) is 12.5 Å². The first-order valence-electron chi connectivity index (χ1n) is 6.83. The van der Waals surface area contributed by atoms with Crippen molar-refractivity contribution >= 4 is 0 Å². The molecule has 3 heteroatoms. The van der Waals surface area contributed by atoms with Crippen LogP contribution in [-0.4, -0.2) is 22.7 Å². The van der Waals surface area contributed by atoms with Crippen molar-refractivity contribution in [2.45, 2.75) is 46.3 Å². The van der Waals surface area contributed by atoms with Gasteiger partial charge in [-0.25, -0.2) is 0 Å². The zero-order valence-electron chi connectivity index (χ0n) is 11.9. The fourth-order valence-corrected chi connectivity index (χ4v) is 1.86. The maximum atomic E-state index is 9.87. The molecule has 0 saturated heterocycles. The second-order valence-corrected chi connectivity index (χ2v) is 5.66. The van der Waals surface area contributed by atoms with E-state index in [2.05, 4.69) is 24.1 Å².